The van der Waals surface area contributed by atoms with Gasteiger partial charge < -0.3 is 4.42 Å². The molecule has 24 heavy (non-hydrogen) atoms. The molecule has 0 saturated carbocycles. The second-order valence-electron chi connectivity index (χ2n) is 5.73. The number of benzene rings is 3. The number of hydrogen-bond donors (Lipinski definition) is 0. The Balaban J connectivity index is 2.12. The van der Waals surface area contributed by atoms with Crippen molar-refractivity contribution >= 4 is 45.1 Å². The molecule has 0 aliphatic heterocycles. The summed E-state index contributed by atoms with van der Waals surface area (Å²) in [4.78, 5) is 12.9. The molecule has 0 spiro atoms. The summed E-state index contributed by atoms with van der Waals surface area (Å²) in [5.74, 6) is 0. The van der Waals surface area contributed by atoms with Crippen molar-refractivity contribution in [3.63, 3.8) is 0 Å². The molecule has 0 aliphatic rings. The van der Waals surface area contributed by atoms with Crippen molar-refractivity contribution in [1.82, 2.24) is 0 Å². The van der Waals surface area contributed by atoms with Gasteiger partial charge in [0.05, 0.1) is 15.8 Å². The molecule has 118 valence electrons. The maximum Gasteiger partial charge on any atom is 0.200 e. The maximum absolute atomic E-state index is 12.9. The summed E-state index contributed by atoms with van der Waals surface area (Å²) in [5, 5.41) is 1.70. The highest BCUT2D eigenvalue weighted by molar-refractivity contribution is 6.38. The first-order valence-corrected chi connectivity index (χ1v) is 8.22. The standard InChI is InChI=1S/C20H12Cl2O2/c1-11-7-13(12-5-3-2-4-6-12)8-17-18(11)19(23)15-9-14(21)10-16(22)20(15)24-17/h2-10H,1H3. The minimum absolute atomic E-state index is 0.118. The highest BCUT2D eigenvalue weighted by Gasteiger charge is 2.14. The second kappa shape index (κ2) is 5.66. The summed E-state index contributed by atoms with van der Waals surface area (Å²) in [6.07, 6.45) is 0. The monoisotopic (exact) mass is 354 g/mol. The summed E-state index contributed by atoms with van der Waals surface area (Å²) in [5.41, 5.74) is 3.69. The average Bonchev–Trinajstić information content (AvgIpc) is 2.56. The van der Waals surface area contributed by atoms with E-state index in [-0.39, 0.29) is 5.43 Å². The number of hydrogen-bond acceptors (Lipinski definition) is 2. The zero-order valence-electron chi connectivity index (χ0n) is 12.8. The second-order valence-corrected chi connectivity index (χ2v) is 6.57. The van der Waals surface area contributed by atoms with Crippen molar-refractivity contribution in [3.8, 4) is 11.1 Å². The van der Waals surface area contributed by atoms with Crippen LogP contribution in [0.15, 0.2) is 63.8 Å². The first-order valence-electron chi connectivity index (χ1n) is 7.46. The van der Waals surface area contributed by atoms with Crippen LogP contribution in [0.25, 0.3) is 33.1 Å². The maximum atomic E-state index is 12.9. The number of halogens is 2. The van der Waals surface area contributed by atoms with Crippen molar-refractivity contribution in [1.29, 1.82) is 0 Å². The highest BCUT2D eigenvalue weighted by atomic mass is 35.5. The van der Waals surface area contributed by atoms with E-state index < -0.39 is 0 Å². The predicted octanol–water partition coefficient (Wildman–Crippen LogP) is 6.23. The molecule has 3 aromatic carbocycles. The fourth-order valence-corrected chi connectivity index (χ4v) is 3.53. The van der Waals surface area contributed by atoms with Crippen molar-refractivity contribution in [2.24, 2.45) is 0 Å². The molecule has 0 saturated heterocycles. The van der Waals surface area contributed by atoms with Crippen molar-refractivity contribution in [3.05, 3.63) is 80.4 Å². The van der Waals surface area contributed by atoms with Crippen LogP contribution in [-0.2, 0) is 0 Å². The number of rotatable bonds is 1. The summed E-state index contributed by atoms with van der Waals surface area (Å²) >= 11 is 12.2. The van der Waals surface area contributed by atoms with E-state index in [1.54, 1.807) is 12.1 Å². The normalized spacial score (nSPS) is 11.3. The number of fused-ring (bicyclic) bond motifs is 2. The molecule has 0 radical (unpaired) electrons. The lowest BCUT2D eigenvalue weighted by atomic mass is 9.99. The summed E-state index contributed by atoms with van der Waals surface area (Å²) < 4.78 is 5.97. The van der Waals surface area contributed by atoms with Crippen molar-refractivity contribution in [2.75, 3.05) is 0 Å². The van der Waals surface area contributed by atoms with Gasteiger partial charge in [0.25, 0.3) is 0 Å². The lowest BCUT2D eigenvalue weighted by molar-refractivity contribution is 0.660. The largest absolute Gasteiger partial charge is 0.454 e. The molecule has 0 N–H and O–H groups in total. The molecule has 1 heterocycles. The van der Waals surface area contributed by atoms with Crippen LogP contribution in [0.1, 0.15) is 5.56 Å². The minimum Gasteiger partial charge on any atom is -0.454 e. The fourth-order valence-electron chi connectivity index (χ4n) is 3.00. The molecule has 0 bridgehead atoms. The smallest absolute Gasteiger partial charge is 0.200 e. The van der Waals surface area contributed by atoms with Gasteiger partial charge in [-0.15, -0.1) is 0 Å². The Bertz CT molecular complexity index is 1150. The van der Waals surface area contributed by atoms with Crippen LogP contribution in [0.2, 0.25) is 10.0 Å². The Hall–Kier alpha value is -2.29. The Morgan fingerprint density at radius 3 is 2.42 bits per heavy atom. The molecule has 0 unspecified atom stereocenters. The highest BCUT2D eigenvalue weighted by Crippen LogP contribution is 2.32. The third-order valence-electron chi connectivity index (χ3n) is 4.10. The van der Waals surface area contributed by atoms with E-state index in [9.17, 15) is 4.79 Å². The summed E-state index contributed by atoms with van der Waals surface area (Å²) in [6.45, 7) is 1.91. The van der Waals surface area contributed by atoms with Gasteiger partial charge in [-0.05, 0) is 41.8 Å². The van der Waals surface area contributed by atoms with Crippen LogP contribution in [0.4, 0.5) is 0 Å². The van der Waals surface area contributed by atoms with E-state index in [2.05, 4.69) is 0 Å². The van der Waals surface area contributed by atoms with Crippen LogP contribution in [0.3, 0.4) is 0 Å². The molecule has 2 nitrogen and oxygen atoms in total. The Kier molecular flexibility index (Phi) is 3.60. The van der Waals surface area contributed by atoms with Crippen LogP contribution in [-0.4, -0.2) is 0 Å². The number of aryl methyl sites for hydroxylation is 1. The lowest BCUT2D eigenvalue weighted by Crippen LogP contribution is -2.04. The molecule has 4 aromatic rings. The average molecular weight is 355 g/mol. The van der Waals surface area contributed by atoms with Crippen LogP contribution >= 0.6 is 23.2 Å². The molecule has 1 aromatic heterocycles. The van der Waals surface area contributed by atoms with Gasteiger partial charge in [0.1, 0.15) is 5.58 Å². The zero-order chi connectivity index (χ0) is 16.8. The van der Waals surface area contributed by atoms with Gasteiger partial charge in [0, 0.05) is 5.02 Å². The molecule has 0 atom stereocenters. The van der Waals surface area contributed by atoms with Gasteiger partial charge in [-0.1, -0.05) is 59.6 Å². The van der Waals surface area contributed by atoms with E-state index in [1.807, 2.05) is 49.4 Å². The van der Waals surface area contributed by atoms with Gasteiger partial charge in [-0.3, -0.25) is 4.79 Å². The van der Waals surface area contributed by atoms with E-state index >= 15 is 0 Å². The van der Waals surface area contributed by atoms with Gasteiger partial charge in [-0.2, -0.15) is 0 Å². The van der Waals surface area contributed by atoms with Crippen LogP contribution in [0, 0.1) is 6.92 Å². The van der Waals surface area contributed by atoms with Crippen molar-refractivity contribution < 1.29 is 4.42 Å². The van der Waals surface area contributed by atoms with Gasteiger partial charge >= 0.3 is 0 Å². The molecule has 0 fully saturated rings. The molecule has 0 aliphatic carbocycles. The Labute approximate surface area is 148 Å². The first kappa shape index (κ1) is 15.3. The minimum atomic E-state index is -0.118. The molecular formula is C20H12Cl2O2. The van der Waals surface area contributed by atoms with E-state index in [0.29, 0.717) is 32.0 Å². The molecular weight excluding hydrogens is 343 g/mol. The zero-order valence-corrected chi connectivity index (χ0v) is 14.3. The molecule has 4 rings (SSSR count). The Morgan fingerprint density at radius 2 is 1.67 bits per heavy atom. The SMILES string of the molecule is Cc1cc(-c2ccccc2)cc2oc3c(Cl)cc(Cl)cc3c(=O)c12. The van der Waals surface area contributed by atoms with Crippen LogP contribution < -0.4 is 5.43 Å². The van der Waals surface area contributed by atoms with Crippen molar-refractivity contribution in [2.45, 2.75) is 6.92 Å². The fraction of sp³-hybridized carbons (Fsp3) is 0.0500. The Morgan fingerprint density at radius 1 is 0.917 bits per heavy atom. The quantitative estimate of drug-likeness (QED) is 0.379. The van der Waals surface area contributed by atoms with Gasteiger partial charge in [0.2, 0.25) is 5.43 Å². The van der Waals surface area contributed by atoms with E-state index in [1.165, 1.54) is 0 Å². The topological polar surface area (TPSA) is 30.2 Å². The molecule has 0 amide bonds. The summed E-state index contributed by atoms with van der Waals surface area (Å²) in [7, 11) is 0. The van der Waals surface area contributed by atoms with E-state index in [0.717, 1.165) is 16.7 Å². The van der Waals surface area contributed by atoms with Crippen LogP contribution in [0.5, 0.6) is 0 Å². The van der Waals surface area contributed by atoms with E-state index in [4.69, 9.17) is 27.6 Å². The third-order valence-corrected chi connectivity index (χ3v) is 4.60. The summed E-state index contributed by atoms with van der Waals surface area (Å²) in [6, 6.07) is 17.0. The first-order chi connectivity index (χ1) is 11.5. The molecule has 4 heteroatoms. The lowest BCUT2D eigenvalue weighted by Gasteiger charge is -2.09. The predicted molar refractivity (Wildman–Crippen MR) is 100 cm³/mol. The third kappa shape index (κ3) is 2.39. The van der Waals surface area contributed by atoms with Gasteiger partial charge in [-0.25, -0.2) is 0 Å². The van der Waals surface area contributed by atoms with Gasteiger partial charge in [0.15, 0.2) is 5.58 Å².